The Morgan fingerprint density at radius 1 is 1.17 bits per heavy atom. The van der Waals surface area contributed by atoms with Crippen molar-refractivity contribution in [1.82, 2.24) is 4.90 Å². The lowest BCUT2D eigenvalue weighted by Gasteiger charge is -2.39. The lowest BCUT2D eigenvalue weighted by Crippen LogP contribution is -2.53. The Labute approximate surface area is 144 Å². The molecule has 3 rings (SSSR count). The highest BCUT2D eigenvalue weighted by Gasteiger charge is 2.32. The second kappa shape index (κ2) is 7.99. The summed E-state index contributed by atoms with van der Waals surface area (Å²) in [6.07, 6.45) is 3.80. The van der Waals surface area contributed by atoms with Crippen LogP contribution < -0.4 is 10.6 Å². The third-order valence-electron chi connectivity index (χ3n) is 5.55. The van der Waals surface area contributed by atoms with Crippen molar-refractivity contribution in [2.24, 2.45) is 11.7 Å². The SMILES string of the molecule is CN(c1ccccc1)C1CCN(C(=O)C(N)C2CCOCC2)CC1. The number of benzene rings is 1. The van der Waals surface area contributed by atoms with Crippen LogP contribution in [0.5, 0.6) is 0 Å². The zero-order chi connectivity index (χ0) is 16.9. The van der Waals surface area contributed by atoms with Crippen LogP contribution >= 0.6 is 0 Å². The molecule has 0 radical (unpaired) electrons. The van der Waals surface area contributed by atoms with Crippen LogP contribution in [0, 0.1) is 5.92 Å². The van der Waals surface area contributed by atoms with E-state index in [9.17, 15) is 4.79 Å². The summed E-state index contributed by atoms with van der Waals surface area (Å²) < 4.78 is 5.37. The van der Waals surface area contributed by atoms with Gasteiger partial charge in [-0.3, -0.25) is 4.79 Å². The maximum absolute atomic E-state index is 12.7. The first-order valence-corrected chi connectivity index (χ1v) is 9.07. The Hall–Kier alpha value is -1.59. The van der Waals surface area contributed by atoms with Gasteiger partial charge in [-0.15, -0.1) is 0 Å². The van der Waals surface area contributed by atoms with Crippen LogP contribution in [-0.2, 0) is 9.53 Å². The molecule has 1 unspecified atom stereocenters. The number of piperidine rings is 1. The molecular weight excluding hydrogens is 302 g/mol. The standard InChI is InChI=1S/C19H29N3O2/c1-21(16-5-3-2-4-6-16)17-7-11-22(12-8-17)19(23)18(20)15-9-13-24-14-10-15/h2-6,15,17-18H,7-14,20H2,1H3. The monoisotopic (exact) mass is 331 g/mol. The van der Waals surface area contributed by atoms with Crippen LogP contribution in [0.4, 0.5) is 5.69 Å². The second-order valence-corrected chi connectivity index (χ2v) is 6.98. The third-order valence-corrected chi connectivity index (χ3v) is 5.55. The summed E-state index contributed by atoms with van der Waals surface area (Å²) in [5.74, 6) is 0.402. The normalized spacial score (nSPS) is 21.5. The number of amides is 1. The molecular formula is C19H29N3O2. The highest BCUT2D eigenvalue weighted by atomic mass is 16.5. The van der Waals surface area contributed by atoms with Gasteiger partial charge in [0.15, 0.2) is 0 Å². The molecule has 132 valence electrons. The molecule has 2 N–H and O–H groups in total. The van der Waals surface area contributed by atoms with Gasteiger partial charge in [0.05, 0.1) is 6.04 Å². The molecule has 1 amide bonds. The predicted octanol–water partition coefficient (Wildman–Crippen LogP) is 1.87. The molecule has 0 bridgehead atoms. The molecule has 2 fully saturated rings. The molecule has 1 atom stereocenters. The Morgan fingerprint density at radius 2 is 1.79 bits per heavy atom. The van der Waals surface area contributed by atoms with Crippen molar-refractivity contribution in [3.05, 3.63) is 30.3 Å². The van der Waals surface area contributed by atoms with Gasteiger partial charge in [-0.25, -0.2) is 0 Å². The van der Waals surface area contributed by atoms with E-state index >= 15 is 0 Å². The molecule has 0 spiro atoms. The van der Waals surface area contributed by atoms with E-state index in [-0.39, 0.29) is 17.9 Å². The summed E-state index contributed by atoms with van der Waals surface area (Å²) in [7, 11) is 2.14. The van der Waals surface area contributed by atoms with Crippen molar-refractivity contribution in [3.8, 4) is 0 Å². The third kappa shape index (κ3) is 3.90. The molecule has 1 aromatic rings. The summed E-state index contributed by atoms with van der Waals surface area (Å²) in [6, 6.07) is 10.6. The molecule has 2 heterocycles. The van der Waals surface area contributed by atoms with E-state index in [2.05, 4.69) is 36.2 Å². The highest BCUT2D eigenvalue weighted by molar-refractivity contribution is 5.82. The Kier molecular flexibility index (Phi) is 5.74. The summed E-state index contributed by atoms with van der Waals surface area (Å²) in [5, 5.41) is 0. The smallest absolute Gasteiger partial charge is 0.239 e. The van der Waals surface area contributed by atoms with Gasteiger partial charge in [-0.05, 0) is 43.7 Å². The first kappa shape index (κ1) is 17.2. The molecule has 2 aliphatic rings. The van der Waals surface area contributed by atoms with Crippen molar-refractivity contribution in [2.45, 2.75) is 37.8 Å². The Balaban J connectivity index is 1.51. The second-order valence-electron chi connectivity index (χ2n) is 6.98. The number of anilines is 1. The van der Waals surface area contributed by atoms with Crippen LogP contribution in [0.2, 0.25) is 0 Å². The van der Waals surface area contributed by atoms with Gasteiger partial charge >= 0.3 is 0 Å². The number of likely N-dealkylation sites (tertiary alicyclic amines) is 1. The molecule has 2 saturated heterocycles. The van der Waals surface area contributed by atoms with E-state index in [1.54, 1.807) is 0 Å². The quantitative estimate of drug-likeness (QED) is 0.915. The number of nitrogens with two attached hydrogens (primary N) is 1. The van der Waals surface area contributed by atoms with Gasteiger partial charge in [-0.1, -0.05) is 18.2 Å². The number of para-hydroxylation sites is 1. The molecule has 0 aliphatic carbocycles. The zero-order valence-electron chi connectivity index (χ0n) is 14.6. The molecule has 5 heteroatoms. The highest BCUT2D eigenvalue weighted by Crippen LogP contribution is 2.24. The number of hydrogen-bond donors (Lipinski definition) is 1. The van der Waals surface area contributed by atoms with Gasteiger partial charge in [0, 0.05) is 45.1 Å². The average Bonchev–Trinajstić information content (AvgIpc) is 2.68. The van der Waals surface area contributed by atoms with Gasteiger partial charge in [0.1, 0.15) is 0 Å². The van der Waals surface area contributed by atoms with Crippen molar-refractivity contribution in [2.75, 3.05) is 38.3 Å². The van der Waals surface area contributed by atoms with E-state index in [0.29, 0.717) is 6.04 Å². The first-order chi connectivity index (χ1) is 11.7. The summed E-state index contributed by atoms with van der Waals surface area (Å²) in [6.45, 7) is 3.07. The fourth-order valence-electron chi connectivity index (χ4n) is 3.83. The lowest BCUT2D eigenvalue weighted by molar-refractivity contribution is -0.135. The van der Waals surface area contributed by atoms with E-state index in [1.165, 1.54) is 5.69 Å². The van der Waals surface area contributed by atoms with Crippen LogP contribution in [0.1, 0.15) is 25.7 Å². The Bertz CT molecular complexity index is 523. The fourth-order valence-corrected chi connectivity index (χ4v) is 3.83. The predicted molar refractivity (Wildman–Crippen MR) is 96.0 cm³/mol. The summed E-state index contributed by atoms with van der Waals surface area (Å²) in [4.78, 5) is 17.0. The summed E-state index contributed by atoms with van der Waals surface area (Å²) in [5.41, 5.74) is 7.49. The number of rotatable bonds is 4. The molecule has 5 nitrogen and oxygen atoms in total. The van der Waals surface area contributed by atoms with Gasteiger partial charge in [0.25, 0.3) is 0 Å². The number of ether oxygens (including phenoxy) is 1. The number of carbonyl (C=O) groups is 1. The number of hydrogen-bond acceptors (Lipinski definition) is 4. The topological polar surface area (TPSA) is 58.8 Å². The minimum absolute atomic E-state index is 0.128. The zero-order valence-corrected chi connectivity index (χ0v) is 14.6. The Morgan fingerprint density at radius 3 is 2.42 bits per heavy atom. The molecule has 1 aromatic carbocycles. The van der Waals surface area contributed by atoms with Crippen LogP contribution in [0.15, 0.2) is 30.3 Å². The van der Waals surface area contributed by atoms with E-state index in [0.717, 1.165) is 52.0 Å². The molecule has 2 aliphatic heterocycles. The number of nitrogens with zero attached hydrogens (tertiary/aromatic N) is 2. The lowest BCUT2D eigenvalue weighted by atomic mass is 9.91. The maximum Gasteiger partial charge on any atom is 0.239 e. The molecule has 24 heavy (non-hydrogen) atoms. The minimum Gasteiger partial charge on any atom is -0.381 e. The minimum atomic E-state index is -0.364. The van der Waals surface area contributed by atoms with Crippen LogP contribution in [0.25, 0.3) is 0 Å². The fraction of sp³-hybridized carbons (Fsp3) is 0.632. The van der Waals surface area contributed by atoms with Crippen molar-refractivity contribution < 1.29 is 9.53 Å². The molecule has 0 saturated carbocycles. The van der Waals surface area contributed by atoms with E-state index < -0.39 is 0 Å². The maximum atomic E-state index is 12.7. The van der Waals surface area contributed by atoms with Gasteiger partial charge in [-0.2, -0.15) is 0 Å². The first-order valence-electron chi connectivity index (χ1n) is 9.07. The van der Waals surface area contributed by atoms with Crippen molar-refractivity contribution in [1.29, 1.82) is 0 Å². The van der Waals surface area contributed by atoms with E-state index in [4.69, 9.17) is 10.5 Å². The van der Waals surface area contributed by atoms with Gasteiger partial charge in [0.2, 0.25) is 5.91 Å². The van der Waals surface area contributed by atoms with Gasteiger partial charge < -0.3 is 20.3 Å². The average molecular weight is 331 g/mol. The van der Waals surface area contributed by atoms with Crippen molar-refractivity contribution >= 4 is 11.6 Å². The van der Waals surface area contributed by atoms with Crippen LogP contribution in [0.3, 0.4) is 0 Å². The van der Waals surface area contributed by atoms with E-state index in [1.807, 2.05) is 11.0 Å². The van der Waals surface area contributed by atoms with Crippen LogP contribution in [-0.4, -0.2) is 56.2 Å². The largest absolute Gasteiger partial charge is 0.381 e. The number of carbonyl (C=O) groups excluding carboxylic acids is 1. The summed E-state index contributed by atoms with van der Waals surface area (Å²) >= 11 is 0. The molecule has 0 aromatic heterocycles. The van der Waals surface area contributed by atoms with Crippen molar-refractivity contribution in [3.63, 3.8) is 0 Å².